The van der Waals surface area contributed by atoms with E-state index in [-0.39, 0.29) is 17.8 Å². The highest BCUT2D eigenvalue weighted by Gasteiger charge is 2.32. The predicted molar refractivity (Wildman–Crippen MR) is 89.6 cm³/mol. The number of cyclic esters (lactones) is 1. The third kappa shape index (κ3) is 3.64. The maximum absolute atomic E-state index is 12.0. The highest BCUT2D eigenvalue weighted by molar-refractivity contribution is 5.98. The third-order valence-corrected chi connectivity index (χ3v) is 4.21. The largest absolute Gasteiger partial charge is 0.442 e. The number of carbonyl (C=O) groups is 3. The molecule has 1 N–H and O–H groups in total. The smallest absolute Gasteiger partial charge is 0.414 e. The molecule has 0 spiro atoms. The molecule has 0 saturated carbocycles. The van der Waals surface area contributed by atoms with Crippen LogP contribution in [-0.4, -0.2) is 37.0 Å². The minimum absolute atomic E-state index is 0.149. The highest BCUT2D eigenvalue weighted by atomic mass is 16.6. The Morgan fingerprint density at radius 1 is 1.25 bits per heavy atom. The first-order chi connectivity index (χ1) is 11.5. The zero-order valence-corrected chi connectivity index (χ0v) is 13.6. The van der Waals surface area contributed by atoms with Crippen molar-refractivity contribution in [3.63, 3.8) is 0 Å². The normalized spacial score (nSPS) is 20.6. The van der Waals surface area contributed by atoms with E-state index in [1.54, 1.807) is 11.0 Å². The standard InChI is InChI=1S/C18H20N2O4/c1-12(21)19-10-17-11-20(18(23)24-17)15-7-5-13(6-8-15)14-3-2-4-16(22)9-14/h5-9,17H,2-4,10-11H2,1H3,(H,19,21). The lowest BCUT2D eigenvalue weighted by Crippen LogP contribution is -2.33. The van der Waals surface area contributed by atoms with E-state index in [0.717, 1.165) is 29.7 Å². The van der Waals surface area contributed by atoms with E-state index >= 15 is 0 Å². The molecule has 1 aromatic carbocycles. The Hall–Kier alpha value is -2.63. The lowest BCUT2D eigenvalue weighted by molar-refractivity contribution is -0.119. The second-order valence-corrected chi connectivity index (χ2v) is 6.09. The Morgan fingerprint density at radius 2 is 2.00 bits per heavy atom. The number of amides is 2. The van der Waals surface area contributed by atoms with Crippen LogP contribution in [0.1, 0.15) is 31.7 Å². The number of rotatable bonds is 4. The Kier molecular flexibility index (Phi) is 4.64. The van der Waals surface area contributed by atoms with Gasteiger partial charge in [-0.3, -0.25) is 14.5 Å². The van der Waals surface area contributed by atoms with Crippen molar-refractivity contribution < 1.29 is 19.1 Å². The number of ether oxygens (including phenoxy) is 1. The van der Waals surface area contributed by atoms with Gasteiger partial charge in [-0.1, -0.05) is 12.1 Å². The Bertz CT molecular complexity index is 693. The van der Waals surface area contributed by atoms with E-state index in [4.69, 9.17) is 4.74 Å². The quantitative estimate of drug-likeness (QED) is 0.920. The van der Waals surface area contributed by atoms with Crippen LogP contribution in [0.5, 0.6) is 0 Å². The number of hydrogen-bond donors (Lipinski definition) is 1. The monoisotopic (exact) mass is 328 g/mol. The Balaban J connectivity index is 1.68. The molecule has 1 unspecified atom stereocenters. The van der Waals surface area contributed by atoms with Crippen LogP contribution in [0.4, 0.5) is 10.5 Å². The number of nitrogens with zero attached hydrogens (tertiary/aromatic N) is 1. The van der Waals surface area contributed by atoms with E-state index < -0.39 is 6.09 Å². The van der Waals surface area contributed by atoms with E-state index in [9.17, 15) is 14.4 Å². The molecule has 2 amide bonds. The average molecular weight is 328 g/mol. The van der Waals surface area contributed by atoms with Gasteiger partial charge in [-0.2, -0.15) is 0 Å². The van der Waals surface area contributed by atoms with E-state index in [2.05, 4.69) is 5.32 Å². The molecular formula is C18H20N2O4. The number of carbonyl (C=O) groups excluding carboxylic acids is 3. The molecule has 3 rings (SSSR count). The Labute approximate surface area is 140 Å². The van der Waals surface area contributed by atoms with Gasteiger partial charge in [0.05, 0.1) is 13.1 Å². The lowest BCUT2D eigenvalue weighted by Gasteiger charge is -2.16. The van der Waals surface area contributed by atoms with Crippen LogP contribution in [0.3, 0.4) is 0 Å². The molecule has 1 aliphatic heterocycles. The van der Waals surface area contributed by atoms with Crippen molar-refractivity contribution in [3.05, 3.63) is 35.9 Å². The van der Waals surface area contributed by atoms with Crippen LogP contribution in [0.15, 0.2) is 30.3 Å². The van der Waals surface area contributed by atoms with E-state index in [1.807, 2.05) is 24.3 Å². The molecular weight excluding hydrogens is 308 g/mol. The number of allylic oxidation sites excluding steroid dienone is 2. The molecule has 6 nitrogen and oxygen atoms in total. The van der Waals surface area contributed by atoms with Gasteiger partial charge >= 0.3 is 6.09 Å². The SMILES string of the molecule is CC(=O)NCC1CN(c2ccc(C3=CC(=O)CCC3)cc2)C(=O)O1. The van der Waals surface area contributed by atoms with Crippen molar-refractivity contribution in [1.82, 2.24) is 5.32 Å². The van der Waals surface area contributed by atoms with Gasteiger partial charge in [0.25, 0.3) is 0 Å². The second-order valence-electron chi connectivity index (χ2n) is 6.09. The van der Waals surface area contributed by atoms with Crippen LogP contribution in [0.2, 0.25) is 0 Å². The topological polar surface area (TPSA) is 75.7 Å². The summed E-state index contributed by atoms with van der Waals surface area (Å²) in [6.45, 7) is 2.14. The second kappa shape index (κ2) is 6.86. The fraction of sp³-hybridized carbons (Fsp3) is 0.389. The van der Waals surface area contributed by atoms with Crippen molar-refractivity contribution in [1.29, 1.82) is 0 Å². The third-order valence-electron chi connectivity index (χ3n) is 4.21. The molecule has 24 heavy (non-hydrogen) atoms. The minimum Gasteiger partial charge on any atom is -0.442 e. The van der Waals surface area contributed by atoms with E-state index in [0.29, 0.717) is 19.5 Å². The van der Waals surface area contributed by atoms with Gasteiger partial charge in [0.1, 0.15) is 6.10 Å². The first-order valence-corrected chi connectivity index (χ1v) is 8.09. The number of anilines is 1. The number of nitrogens with one attached hydrogen (secondary N) is 1. The van der Waals surface area contributed by atoms with Gasteiger partial charge in [-0.25, -0.2) is 4.79 Å². The molecule has 126 valence electrons. The van der Waals surface area contributed by atoms with Gasteiger partial charge in [-0.05, 0) is 42.2 Å². The molecule has 6 heteroatoms. The summed E-state index contributed by atoms with van der Waals surface area (Å²) in [6, 6.07) is 7.57. The zero-order chi connectivity index (χ0) is 17.1. The Morgan fingerprint density at radius 3 is 2.67 bits per heavy atom. The lowest BCUT2D eigenvalue weighted by atomic mass is 9.93. The molecule has 1 aliphatic carbocycles. The summed E-state index contributed by atoms with van der Waals surface area (Å²) >= 11 is 0. The minimum atomic E-state index is -0.412. The van der Waals surface area contributed by atoms with Gasteiger partial charge in [-0.15, -0.1) is 0 Å². The molecule has 1 atom stereocenters. The van der Waals surface area contributed by atoms with Crippen LogP contribution < -0.4 is 10.2 Å². The maximum atomic E-state index is 12.0. The molecule has 1 aromatic rings. The summed E-state index contributed by atoms with van der Waals surface area (Å²) < 4.78 is 5.26. The first-order valence-electron chi connectivity index (χ1n) is 8.09. The number of hydrogen-bond acceptors (Lipinski definition) is 4. The zero-order valence-electron chi connectivity index (χ0n) is 13.6. The molecule has 2 aliphatic rings. The molecule has 1 fully saturated rings. The molecule has 0 aromatic heterocycles. The predicted octanol–water partition coefficient (Wildman–Crippen LogP) is 2.28. The van der Waals surface area contributed by atoms with Gasteiger partial charge in [0, 0.05) is 19.0 Å². The summed E-state index contributed by atoms with van der Waals surface area (Å²) in [5.74, 6) is 0.0217. The summed E-state index contributed by atoms with van der Waals surface area (Å²) in [4.78, 5) is 36.0. The summed E-state index contributed by atoms with van der Waals surface area (Å²) in [6.07, 6.45) is 3.36. The van der Waals surface area contributed by atoms with Gasteiger partial charge in [0.2, 0.25) is 5.91 Å². The van der Waals surface area contributed by atoms with E-state index in [1.165, 1.54) is 6.92 Å². The highest BCUT2D eigenvalue weighted by Crippen LogP contribution is 2.28. The number of benzene rings is 1. The van der Waals surface area contributed by atoms with Crippen LogP contribution >= 0.6 is 0 Å². The first kappa shape index (κ1) is 16.2. The number of ketones is 1. The summed E-state index contributed by atoms with van der Waals surface area (Å²) in [7, 11) is 0. The molecule has 1 saturated heterocycles. The van der Waals surface area contributed by atoms with Gasteiger partial charge in [0.15, 0.2) is 5.78 Å². The fourth-order valence-corrected chi connectivity index (χ4v) is 2.97. The van der Waals surface area contributed by atoms with Crippen LogP contribution in [0.25, 0.3) is 5.57 Å². The van der Waals surface area contributed by atoms with Crippen LogP contribution in [-0.2, 0) is 14.3 Å². The van der Waals surface area contributed by atoms with Gasteiger partial charge < -0.3 is 10.1 Å². The average Bonchev–Trinajstić information content (AvgIpc) is 2.94. The molecule has 0 radical (unpaired) electrons. The molecule has 1 heterocycles. The molecule has 0 bridgehead atoms. The van der Waals surface area contributed by atoms with Crippen LogP contribution in [0, 0.1) is 0 Å². The van der Waals surface area contributed by atoms with Crippen molar-refractivity contribution in [2.24, 2.45) is 0 Å². The maximum Gasteiger partial charge on any atom is 0.414 e. The van der Waals surface area contributed by atoms with Crippen molar-refractivity contribution in [2.75, 3.05) is 18.0 Å². The van der Waals surface area contributed by atoms with Crippen molar-refractivity contribution in [2.45, 2.75) is 32.3 Å². The van der Waals surface area contributed by atoms with Crippen molar-refractivity contribution in [3.8, 4) is 0 Å². The summed E-state index contributed by atoms with van der Waals surface area (Å²) in [5, 5.41) is 2.65. The summed E-state index contributed by atoms with van der Waals surface area (Å²) in [5.41, 5.74) is 2.80. The fourth-order valence-electron chi connectivity index (χ4n) is 2.97. The van der Waals surface area contributed by atoms with Crippen molar-refractivity contribution >= 4 is 29.0 Å².